The second-order valence-electron chi connectivity index (χ2n) is 8.02. The average Bonchev–Trinajstić information content (AvgIpc) is 2.86. The van der Waals surface area contributed by atoms with E-state index < -0.39 is 17.1 Å². The number of aliphatic hydroxyl groups is 1. The Labute approximate surface area is 153 Å². The van der Waals surface area contributed by atoms with E-state index in [-0.39, 0.29) is 5.78 Å². The molecule has 0 radical (unpaired) electrons. The molecule has 26 heavy (non-hydrogen) atoms. The zero-order valence-electron chi connectivity index (χ0n) is 16.1. The minimum Gasteiger partial charge on any atom is -0.386 e. The number of aromatic amines is 1. The summed E-state index contributed by atoms with van der Waals surface area (Å²) in [5.74, 6) is 0.855. The number of benzene rings is 1. The maximum absolute atomic E-state index is 13.6. The van der Waals surface area contributed by atoms with Crippen molar-refractivity contribution < 1.29 is 18.7 Å². The van der Waals surface area contributed by atoms with Crippen LogP contribution in [0, 0.1) is 18.7 Å². The Bertz CT molecular complexity index is 783. The largest absolute Gasteiger partial charge is 0.386 e. The van der Waals surface area contributed by atoms with Crippen LogP contribution >= 0.6 is 0 Å². The number of hydrogen-bond acceptors (Lipinski definition) is 3. The first kappa shape index (κ1) is 20.5. The quantitative estimate of drug-likeness (QED) is 0.822. The highest BCUT2D eigenvalue weighted by atomic mass is 19.1. The molecule has 3 rings (SSSR count). The molecule has 0 unspecified atom stereocenters. The molecule has 0 amide bonds. The third-order valence-electron chi connectivity index (χ3n) is 4.70. The summed E-state index contributed by atoms with van der Waals surface area (Å²) in [4.78, 5) is 17.9. The van der Waals surface area contributed by atoms with Crippen LogP contribution in [-0.2, 0) is 10.4 Å². The van der Waals surface area contributed by atoms with Crippen LogP contribution in [0.2, 0.25) is 0 Å². The van der Waals surface area contributed by atoms with Crippen LogP contribution in [-0.4, -0.2) is 26.5 Å². The minimum atomic E-state index is -1.05. The molecule has 1 aliphatic carbocycles. The molecule has 0 saturated heterocycles. The number of rotatable bonds is 4. The van der Waals surface area contributed by atoms with Gasteiger partial charge in [-0.05, 0) is 64.2 Å². The van der Waals surface area contributed by atoms with Gasteiger partial charge in [-0.3, -0.25) is 4.79 Å². The molecule has 0 bridgehead atoms. The van der Waals surface area contributed by atoms with E-state index in [0.717, 1.165) is 0 Å². The van der Waals surface area contributed by atoms with Gasteiger partial charge in [0.05, 0.1) is 11.1 Å². The van der Waals surface area contributed by atoms with Crippen LogP contribution < -0.4 is 0 Å². The molecule has 1 saturated carbocycles. The Kier molecular flexibility index (Phi) is 5.85. The van der Waals surface area contributed by atoms with Crippen LogP contribution in [0.15, 0.2) is 12.1 Å². The van der Waals surface area contributed by atoms with Crippen LogP contribution in [0.3, 0.4) is 0 Å². The Balaban J connectivity index is 0.000000197. The zero-order valence-corrected chi connectivity index (χ0v) is 16.1. The first-order valence-electron chi connectivity index (χ1n) is 9.00. The second-order valence-corrected chi connectivity index (χ2v) is 8.02. The number of fused-ring (bicyclic) bond motifs is 1. The number of nitrogens with one attached hydrogen (secondary N) is 1. The summed E-state index contributed by atoms with van der Waals surface area (Å²) < 4.78 is 26.5. The highest BCUT2D eigenvalue weighted by Gasteiger charge is 2.40. The monoisotopic (exact) mass is 366 g/mol. The molecule has 144 valence electrons. The lowest BCUT2D eigenvalue weighted by atomic mass is 9.71. The molecule has 0 atom stereocenters. The van der Waals surface area contributed by atoms with E-state index in [9.17, 15) is 18.7 Å². The molecule has 6 heteroatoms. The molecular weight excluding hydrogens is 338 g/mol. The van der Waals surface area contributed by atoms with Gasteiger partial charge in [0, 0.05) is 12.8 Å². The van der Waals surface area contributed by atoms with Crippen LogP contribution in [0.1, 0.15) is 64.8 Å². The van der Waals surface area contributed by atoms with Gasteiger partial charge in [0.15, 0.2) is 5.82 Å². The van der Waals surface area contributed by atoms with E-state index in [1.165, 1.54) is 6.07 Å². The number of aryl methyl sites for hydroxylation is 1. The number of Topliss-reactive ketones (excluding diaryl/α,β-unsaturated/α-hetero) is 1. The summed E-state index contributed by atoms with van der Waals surface area (Å²) in [5, 5.41) is 9.78. The maximum Gasteiger partial charge on any atom is 0.151 e. The van der Waals surface area contributed by atoms with Gasteiger partial charge in [-0.15, -0.1) is 0 Å². The minimum absolute atomic E-state index is 0.269. The number of carbonyl (C=O) groups is 1. The van der Waals surface area contributed by atoms with Gasteiger partial charge >= 0.3 is 0 Å². The van der Waals surface area contributed by atoms with Gasteiger partial charge < -0.3 is 10.1 Å². The molecule has 2 aromatic rings. The molecule has 1 aromatic carbocycles. The van der Waals surface area contributed by atoms with Gasteiger partial charge in [0.1, 0.15) is 22.8 Å². The van der Waals surface area contributed by atoms with Crippen molar-refractivity contribution in [2.45, 2.75) is 71.6 Å². The first-order chi connectivity index (χ1) is 11.9. The lowest BCUT2D eigenvalue weighted by Crippen LogP contribution is -2.37. The topological polar surface area (TPSA) is 66.0 Å². The van der Waals surface area contributed by atoms with Crippen molar-refractivity contribution in [3.05, 3.63) is 29.3 Å². The molecule has 1 fully saturated rings. The molecule has 1 heterocycles. The van der Waals surface area contributed by atoms with Crippen molar-refractivity contribution in [1.29, 1.82) is 0 Å². The van der Waals surface area contributed by atoms with E-state index >= 15 is 0 Å². The SMILES string of the molecule is CCC(=O)CC1CC(C)(F)C1.Cc1nc2c(F)cc(C(C)(C)O)cc2[nH]1. The van der Waals surface area contributed by atoms with Crippen molar-refractivity contribution in [3.63, 3.8) is 0 Å². The van der Waals surface area contributed by atoms with E-state index in [4.69, 9.17) is 0 Å². The zero-order chi connectivity index (χ0) is 19.7. The van der Waals surface area contributed by atoms with Gasteiger partial charge in [-0.2, -0.15) is 0 Å². The van der Waals surface area contributed by atoms with Crippen molar-refractivity contribution in [2.24, 2.45) is 5.92 Å². The first-order valence-corrected chi connectivity index (χ1v) is 9.00. The number of alkyl halides is 1. The molecule has 2 N–H and O–H groups in total. The van der Waals surface area contributed by atoms with E-state index in [0.29, 0.717) is 54.0 Å². The summed E-state index contributed by atoms with van der Waals surface area (Å²) in [5.41, 5.74) is -0.548. The number of ketones is 1. The van der Waals surface area contributed by atoms with Crippen molar-refractivity contribution >= 4 is 16.8 Å². The third kappa shape index (κ3) is 5.10. The fourth-order valence-electron chi connectivity index (χ4n) is 3.31. The van der Waals surface area contributed by atoms with Crippen molar-refractivity contribution in [1.82, 2.24) is 9.97 Å². The number of H-pyrrole nitrogens is 1. The van der Waals surface area contributed by atoms with E-state index in [1.54, 1.807) is 33.8 Å². The molecule has 4 nitrogen and oxygen atoms in total. The Morgan fingerprint density at radius 3 is 2.54 bits per heavy atom. The highest BCUT2D eigenvalue weighted by Crippen LogP contribution is 2.42. The predicted molar refractivity (Wildman–Crippen MR) is 98.2 cm³/mol. The van der Waals surface area contributed by atoms with Gasteiger partial charge in [0.25, 0.3) is 0 Å². The molecular formula is C20H28F2N2O2. The number of hydrogen-bond donors (Lipinski definition) is 2. The molecule has 1 aromatic heterocycles. The van der Waals surface area contributed by atoms with E-state index in [1.807, 2.05) is 6.92 Å². The predicted octanol–water partition coefficient (Wildman–Crippen LogP) is 4.73. The van der Waals surface area contributed by atoms with Crippen molar-refractivity contribution in [3.8, 4) is 0 Å². The normalized spacial score (nSPS) is 22.5. The number of nitrogens with zero attached hydrogens (tertiary/aromatic N) is 1. The Hall–Kier alpha value is -1.82. The molecule has 0 aliphatic heterocycles. The highest BCUT2D eigenvalue weighted by molar-refractivity contribution is 5.78. The van der Waals surface area contributed by atoms with E-state index in [2.05, 4.69) is 9.97 Å². The number of carbonyl (C=O) groups excluding carboxylic acids is 1. The van der Waals surface area contributed by atoms with Crippen LogP contribution in [0.25, 0.3) is 11.0 Å². The summed E-state index contributed by atoms with van der Waals surface area (Å²) >= 11 is 0. The van der Waals surface area contributed by atoms with Gasteiger partial charge in [-0.25, -0.2) is 13.8 Å². The lowest BCUT2D eigenvalue weighted by Gasteiger charge is -2.38. The summed E-state index contributed by atoms with van der Waals surface area (Å²) in [6, 6.07) is 3.04. The summed E-state index contributed by atoms with van der Waals surface area (Å²) in [7, 11) is 0. The average molecular weight is 366 g/mol. The Morgan fingerprint density at radius 2 is 2.04 bits per heavy atom. The fourth-order valence-corrected chi connectivity index (χ4v) is 3.31. The molecule has 1 aliphatic rings. The summed E-state index contributed by atoms with van der Waals surface area (Å²) in [6.45, 7) is 8.48. The number of aromatic nitrogens is 2. The van der Waals surface area contributed by atoms with Crippen molar-refractivity contribution in [2.75, 3.05) is 0 Å². The third-order valence-corrected chi connectivity index (χ3v) is 4.70. The van der Waals surface area contributed by atoms with Crippen LogP contribution in [0.5, 0.6) is 0 Å². The maximum atomic E-state index is 13.6. The fraction of sp³-hybridized carbons (Fsp3) is 0.600. The lowest BCUT2D eigenvalue weighted by molar-refractivity contribution is -0.121. The second kappa shape index (κ2) is 7.43. The van der Waals surface area contributed by atoms with Gasteiger partial charge in [-0.1, -0.05) is 6.92 Å². The summed E-state index contributed by atoms with van der Waals surface area (Å²) in [6.07, 6.45) is 2.35. The van der Waals surface area contributed by atoms with Gasteiger partial charge in [0.2, 0.25) is 0 Å². The standard InChI is InChI=1S/C11H13FN2O.C9H15FO/c1-6-13-9-5-7(11(2,3)15)4-8(12)10(9)14-6;1-3-8(11)4-7-5-9(2,10)6-7/h4-5,15H,1-3H3,(H,13,14);7H,3-6H2,1-2H3. The number of halogens is 2. The molecule has 0 spiro atoms. The van der Waals surface area contributed by atoms with Crippen LogP contribution in [0.4, 0.5) is 8.78 Å². The smallest absolute Gasteiger partial charge is 0.151 e. The number of imidazole rings is 1. The Morgan fingerprint density at radius 1 is 1.42 bits per heavy atom.